The predicted octanol–water partition coefficient (Wildman–Crippen LogP) is 3.28. The Balaban J connectivity index is 1.79. The van der Waals surface area contributed by atoms with Gasteiger partial charge in [-0.15, -0.1) is 0 Å². The van der Waals surface area contributed by atoms with Crippen LogP contribution in [0.1, 0.15) is 18.4 Å². The number of imide groups is 1. The van der Waals surface area contributed by atoms with Crippen molar-refractivity contribution in [2.45, 2.75) is 18.9 Å². The van der Waals surface area contributed by atoms with Crippen molar-refractivity contribution < 1.29 is 18.4 Å². The van der Waals surface area contributed by atoms with Crippen molar-refractivity contribution in [3.63, 3.8) is 0 Å². The zero-order valence-electron chi connectivity index (χ0n) is 16.9. The summed E-state index contributed by atoms with van der Waals surface area (Å²) in [5.74, 6) is -1.99. The molecule has 7 heteroatoms. The van der Waals surface area contributed by atoms with E-state index >= 15 is 0 Å². The van der Waals surface area contributed by atoms with Gasteiger partial charge in [-0.25, -0.2) is 13.7 Å². The quantitative estimate of drug-likeness (QED) is 0.725. The van der Waals surface area contributed by atoms with Gasteiger partial charge in [0.15, 0.2) is 0 Å². The Kier molecular flexibility index (Phi) is 5.39. The van der Waals surface area contributed by atoms with Gasteiger partial charge < -0.3 is 9.80 Å². The minimum atomic E-state index is -0.535. The second-order valence-corrected chi connectivity index (χ2v) is 7.80. The Morgan fingerprint density at radius 3 is 2.23 bits per heavy atom. The zero-order chi connectivity index (χ0) is 21.4. The lowest BCUT2D eigenvalue weighted by Crippen LogP contribution is -2.43. The molecule has 4 rings (SSSR count). The summed E-state index contributed by atoms with van der Waals surface area (Å²) >= 11 is 0. The normalized spacial score (nSPS) is 18.5. The Hall–Kier alpha value is -3.06. The summed E-state index contributed by atoms with van der Waals surface area (Å²) in [7, 11) is 3.87. The maximum Gasteiger partial charge on any atom is 0.282 e. The summed E-state index contributed by atoms with van der Waals surface area (Å²) in [6.07, 6.45) is 1.71. The van der Waals surface area contributed by atoms with Crippen LogP contribution in [-0.4, -0.2) is 54.8 Å². The van der Waals surface area contributed by atoms with Crippen LogP contribution in [0.25, 0.3) is 5.57 Å². The Bertz CT molecular complexity index is 1010. The number of piperidine rings is 1. The van der Waals surface area contributed by atoms with Gasteiger partial charge in [0.05, 0.1) is 11.3 Å². The van der Waals surface area contributed by atoms with Gasteiger partial charge in [-0.2, -0.15) is 0 Å². The molecule has 0 aliphatic carbocycles. The molecule has 156 valence electrons. The first-order chi connectivity index (χ1) is 14.4. The van der Waals surface area contributed by atoms with Crippen molar-refractivity contribution in [1.29, 1.82) is 0 Å². The average molecular weight is 411 g/mol. The van der Waals surface area contributed by atoms with Gasteiger partial charge in [-0.05, 0) is 68.9 Å². The van der Waals surface area contributed by atoms with Crippen LogP contribution in [-0.2, 0) is 9.59 Å². The molecule has 2 heterocycles. The third kappa shape index (κ3) is 3.61. The van der Waals surface area contributed by atoms with E-state index in [0.29, 0.717) is 5.56 Å². The first-order valence-electron chi connectivity index (χ1n) is 9.92. The van der Waals surface area contributed by atoms with Crippen LogP contribution in [0.5, 0.6) is 0 Å². The number of likely N-dealkylation sites (tertiary alicyclic amines) is 1. The zero-order valence-corrected chi connectivity index (χ0v) is 16.9. The van der Waals surface area contributed by atoms with Crippen LogP contribution >= 0.6 is 0 Å². The fourth-order valence-corrected chi connectivity index (χ4v) is 4.14. The number of nitrogens with zero attached hydrogens (tertiary/aromatic N) is 3. The number of likely N-dealkylation sites (N-methyl/N-ethyl adjacent to an activating group) is 1. The highest BCUT2D eigenvalue weighted by molar-refractivity contribution is 6.45. The summed E-state index contributed by atoms with van der Waals surface area (Å²) in [5.41, 5.74) is 1.12. The molecule has 0 N–H and O–H groups in total. The molecule has 0 unspecified atom stereocenters. The van der Waals surface area contributed by atoms with Crippen molar-refractivity contribution in [2.75, 3.05) is 32.1 Å². The van der Waals surface area contributed by atoms with Crippen molar-refractivity contribution in [2.24, 2.45) is 0 Å². The molecule has 2 aromatic carbocycles. The van der Waals surface area contributed by atoms with Gasteiger partial charge in [0.1, 0.15) is 17.3 Å². The molecule has 1 saturated heterocycles. The molecule has 0 radical (unpaired) electrons. The van der Waals surface area contributed by atoms with Crippen LogP contribution in [0.15, 0.2) is 54.2 Å². The Morgan fingerprint density at radius 1 is 0.933 bits per heavy atom. The van der Waals surface area contributed by atoms with Crippen LogP contribution in [0.4, 0.5) is 14.5 Å². The van der Waals surface area contributed by atoms with E-state index in [-0.39, 0.29) is 23.0 Å². The van der Waals surface area contributed by atoms with E-state index in [4.69, 9.17) is 0 Å². The third-order valence-electron chi connectivity index (χ3n) is 5.85. The maximum atomic E-state index is 13.8. The molecule has 1 fully saturated rings. The standard InChI is InChI=1S/C23H23F2N3O2/c1-26-12-10-18(11-13-26)27(2)21-20(15-6-8-16(24)9-7-15)22(29)28(23(21)30)19-5-3-4-17(25)14-19/h3-9,14,18H,10-13H2,1-2H3. The SMILES string of the molecule is CN1CCC(N(C)C2=C(c3ccc(F)cc3)C(=O)N(c3cccc(F)c3)C2=O)CC1. The van der Waals surface area contributed by atoms with Crippen LogP contribution in [0, 0.1) is 11.6 Å². The molecular weight excluding hydrogens is 388 g/mol. The van der Waals surface area contributed by atoms with Gasteiger partial charge in [0.25, 0.3) is 11.8 Å². The molecule has 2 aliphatic heterocycles. The van der Waals surface area contributed by atoms with Crippen LogP contribution in [0.3, 0.4) is 0 Å². The van der Waals surface area contributed by atoms with Crippen molar-refractivity contribution in [3.8, 4) is 0 Å². The molecule has 0 saturated carbocycles. The summed E-state index contributed by atoms with van der Waals surface area (Å²) in [4.78, 5) is 31.9. The number of carbonyl (C=O) groups excluding carboxylic acids is 2. The fraction of sp³-hybridized carbons (Fsp3) is 0.304. The van der Waals surface area contributed by atoms with Gasteiger partial charge in [-0.1, -0.05) is 18.2 Å². The van der Waals surface area contributed by atoms with Crippen LogP contribution in [0.2, 0.25) is 0 Å². The lowest BCUT2D eigenvalue weighted by Gasteiger charge is -2.36. The fourth-order valence-electron chi connectivity index (χ4n) is 4.14. The summed E-state index contributed by atoms with van der Waals surface area (Å²) < 4.78 is 27.3. The van der Waals surface area contributed by atoms with E-state index in [0.717, 1.165) is 36.9 Å². The second-order valence-electron chi connectivity index (χ2n) is 7.80. The monoisotopic (exact) mass is 411 g/mol. The molecule has 0 atom stereocenters. The number of anilines is 1. The molecule has 0 spiro atoms. The van der Waals surface area contributed by atoms with E-state index in [9.17, 15) is 18.4 Å². The van der Waals surface area contributed by atoms with Crippen molar-refractivity contribution >= 4 is 23.1 Å². The number of carbonyl (C=O) groups is 2. The first kappa shape index (κ1) is 20.2. The molecule has 2 amide bonds. The summed E-state index contributed by atoms with van der Waals surface area (Å²) in [6.45, 7) is 1.79. The minimum absolute atomic E-state index is 0.0934. The van der Waals surface area contributed by atoms with Gasteiger partial charge in [0.2, 0.25) is 0 Å². The van der Waals surface area contributed by atoms with Crippen molar-refractivity contribution in [1.82, 2.24) is 9.80 Å². The molecule has 2 aliphatic rings. The van der Waals surface area contributed by atoms with Gasteiger partial charge in [-0.3, -0.25) is 9.59 Å². The summed E-state index contributed by atoms with van der Waals surface area (Å²) in [6, 6.07) is 11.0. The predicted molar refractivity (Wildman–Crippen MR) is 110 cm³/mol. The third-order valence-corrected chi connectivity index (χ3v) is 5.85. The molecule has 5 nitrogen and oxygen atoms in total. The van der Waals surface area contributed by atoms with E-state index in [1.807, 2.05) is 11.9 Å². The number of halogens is 2. The summed E-state index contributed by atoms with van der Waals surface area (Å²) in [5, 5.41) is 0. The highest BCUT2D eigenvalue weighted by Gasteiger charge is 2.43. The van der Waals surface area contributed by atoms with E-state index < -0.39 is 23.4 Å². The Morgan fingerprint density at radius 2 is 1.60 bits per heavy atom. The first-order valence-corrected chi connectivity index (χ1v) is 9.92. The number of benzene rings is 2. The van der Waals surface area contributed by atoms with Gasteiger partial charge >= 0.3 is 0 Å². The lowest BCUT2D eigenvalue weighted by atomic mass is 10.00. The second kappa shape index (κ2) is 7.99. The van der Waals surface area contributed by atoms with E-state index in [1.54, 1.807) is 0 Å². The van der Waals surface area contributed by atoms with Crippen LogP contribution < -0.4 is 4.90 Å². The number of rotatable bonds is 4. The highest BCUT2D eigenvalue weighted by atomic mass is 19.1. The molecule has 0 bridgehead atoms. The number of amides is 2. The topological polar surface area (TPSA) is 43.9 Å². The average Bonchev–Trinajstić information content (AvgIpc) is 2.99. The maximum absolute atomic E-state index is 13.8. The van der Waals surface area contributed by atoms with E-state index in [2.05, 4.69) is 11.9 Å². The van der Waals surface area contributed by atoms with Crippen molar-refractivity contribution in [3.05, 3.63) is 71.4 Å². The minimum Gasteiger partial charge on any atom is -0.366 e. The molecule has 0 aromatic heterocycles. The lowest BCUT2D eigenvalue weighted by molar-refractivity contribution is -0.120. The molecule has 2 aromatic rings. The number of hydrogen-bond acceptors (Lipinski definition) is 4. The van der Waals surface area contributed by atoms with E-state index in [1.165, 1.54) is 42.5 Å². The molecule has 30 heavy (non-hydrogen) atoms. The largest absolute Gasteiger partial charge is 0.366 e. The van der Waals surface area contributed by atoms with Gasteiger partial charge in [0, 0.05) is 13.1 Å². The smallest absolute Gasteiger partial charge is 0.282 e. The highest BCUT2D eigenvalue weighted by Crippen LogP contribution is 2.36. The molecular formula is C23H23F2N3O2. The Labute approximate surface area is 174 Å². The number of hydrogen-bond donors (Lipinski definition) is 0.